The summed E-state index contributed by atoms with van der Waals surface area (Å²) in [7, 11) is 0. The lowest BCUT2D eigenvalue weighted by Crippen LogP contribution is -2.48. The summed E-state index contributed by atoms with van der Waals surface area (Å²) in [6.45, 7) is 5.25. The van der Waals surface area contributed by atoms with Crippen LogP contribution in [0.15, 0.2) is 11.6 Å². The molecule has 0 aliphatic heterocycles. The summed E-state index contributed by atoms with van der Waals surface area (Å²) >= 11 is 0. The van der Waals surface area contributed by atoms with E-state index >= 15 is 0 Å². The lowest BCUT2D eigenvalue weighted by Gasteiger charge is -2.56. The molecule has 106 valence electrons. The Labute approximate surface area is 119 Å². The van der Waals surface area contributed by atoms with E-state index in [9.17, 15) is 0 Å². The lowest BCUT2D eigenvalue weighted by atomic mass is 9.48. The third-order valence-corrected chi connectivity index (χ3v) is 7.80. The van der Waals surface area contributed by atoms with Crippen LogP contribution in [0.1, 0.15) is 78.1 Å². The maximum Gasteiger partial charge on any atom is -0.00853 e. The van der Waals surface area contributed by atoms with Gasteiger partial charge in [0.05, 0.1) is 0 Å². The molecular weight excluding hydrogens is 228 g/mol. The Kier molecular flexibility index (Phi) is 2.71. The van der Waals surface area contributed by atoms with Crippen LogP contribution >= 0.6 is 0 Å². The second-order valence-corrected chi connectivity index (χ2v) is 8.55. The molecule has 0 bridgehead atoms. The molecule has 3 fully saturated rings. The van der Waals surface area contributed by atoms with Gasteiger partial charge >= 0.3 is 0 Å². The predicted octanol–water partition coefficient (Wildman–Crippen LogP) is 5.73. The summed E-state index contributed by atoms with van der Waals surface area (Å²) in [6.07, 6.45) is 17.6. The van der Waals surface area contributed by atoms with E-state index in [0.717, 1.165) is 23.2 Å². The van der Waals surface area contributed by atoms with Crippen LogP contribution in [0.4, 0.5) is 0 Å². The molecule has 0 heteroatoms. The quantitative estimate of drug-likeness (QED) is 0.487. The molecule has 2 unspecified atom stereocenters. The minimum absolute atomic E-state index is 0.602. The summed E-state index contributed by atoms with van der Waals surface area (Å²) in [5.74, 6) is 3.12. The minimum atomic E-state index is 0.602. The average molecular weight is 258 g/mol. The van der Waals surface area contributed by atoms with E-state index in [0.29, 0.717) is 5.41 Å². The molecule has 5 atom stereocenters. The van der Waals surface area contributed by atoms with Crippen molar-refractivity contribution in [3.05, 3.63) is 11.6 Å². The first kappa shape index (κ1) is 12.5. The Morgan fingerprint density at radius 1 is 0.947 bits per heavy atom. The molecule has 0 saturated heterocycles. The van der Waals surface area contributed by atoms with Gasteiger partial charge in [-0.15, -0.1) is 0 Å². The molecule has 0 heterocycles. The number of fused-ring (bicyclic) bond motifs is 5. The smallest absolute Gasteiger partial charge is 0.00853 e. The van der Waals surface area contributed by atoms with Crippen molar-refractivity contribution in [3.63, 3.8) is 0 Å². The second kappa shape index (κ2) is 4.12. The fraction of sp³-hybridized carbons (Fsp3) is 0.895. The van der Waals surface area contributed by atoms with Crippen molar-refractivity contribution in [3.8, 4) is 0 Å². The van der Waals surface area contributed by atoms with Crippen molar-refractivity contribution in [2.24, 2.45) is 28.6 Å². The van der Waals surface area contributed by atoms with Crippen LogP contribution < -0.4 is 0 Å². The standard InChI is InChI=1S/C19H30/c1-18-11-5-7-16(18)15-9-8-14-6-3-4-12-19(14,2)17(15)10-13-18/h8,15-17H,3-7,9-13H2,1-2H3/t15-,16?,17?,18-,19-/m0/s1. The van der Waals surface area contributed by atoms with Crippen LogP contribution in [0.3, 0.4) is 0 Å². The fourth-order valence-electron chi connectivity index (χ4n) is 6.69. The van der Waals surface area contributed by atoms with E-state index in [4.69, 9.17) is 0 Å². The lowest BCUT2D eigenvalue weighted by molar-refractivity contribution is -0.0248. The first-order chi connectivity index (χ1) is 9.13. The van der Waals surface area contributed by atoms with Gasteiger partial charge in [0.15, 0.2) is 0 Å². The molecule has 0 nitrogen and oxygen atoms in total. The van der Waals surface area contributed by atoms with Crippen LogP contribution in [0.5, 0.6) is 0 Å². The summed E-state index contributed by atoms with van der Waals surface area (Å²) in [4.78, 5) is 0. The molecule has 0 amide bonds. The van der Waals surface area contributed by atoms with Crippen LogP contribution in [0.2, 0.25) is 0 Å². The molecule has 4 rings (SSSR count). The monoisotopic (exact) mass is 258 g/mol. The van der Waals surface area contributed by atoms with Gasteiger partial charge < -0.3 is 0 Å². The van der Waals surface area contributed by atoms with E-state index in [2.05, 4.69) is 19.9 Å². The third kappa shape index (κ3) is 1.64. The molecule has 4 aliphatic carbocycles. The zero-order chi connectivity index (χ0) is 13.1. The van der Waals surface area contributed by atoms with Gasteiger partial charge in [-0.25, -0.2) is 0 Å². The Morgan fingerprint density at radius 2 is 1.84 bits per heavy atom. The van der Waals surface area contributed by atoms with E-state index in [1.54, 1.807) is 0 Å². The number of hydrogen-bond acceptors (Lipinski definition) is 0. The van der Waals surface area contributed by atoms with Gasteiger partial charge in [-0.2, -0.15) is 0 Å². The van der Waals surface area contributed by atoms with Crippen LogP contribution in [-0.4, -0.2) is 0 Å². The Hall–Kier alpha value is -0.260. The predicted molar refractivity (Wildman–Crippen MR) is 80.9 cm³/mol. The zero-order valence-electron chi connectivity index (χ0n) is 12.9. The van der Waals surface area contributed by atoms with Crippen molar-refractivity contribution in [1.82, 2.24) is 0 Å². The molecule has 0 aromatic carbocycles. The van der Waals surface area contributed by atoms with Crippen molar-refractivity contribution in [2.75, 3.05) is 0 Å². The maximum atomic E-state index is 2.70. The zero-order valence-corrected chi connectivity index (χ0v) is 12.9. The van der Waals surface area contributed by atoms with Gasteiger partial charge in [-0.3, -0.25) is 0 Å². The summed E-state index contributed by atoms with van der Waals surface area (Å²) in [5, 5.41) is 0. The molecule has 0 aromatic rings. The Bertz CT molecular complexity index is 406. The van der Waals surface area contributed by atoms with E-state index in [-0.39, 0.29) is 0 Å². The van der Waals surface area contributed by atoms with Gasteiger partial charge in [0, 0.05) is 0 Å². The molecule has 0 spiro atoms. The normalized spacial score (nSPS) is 52.9. The van der Waals surface area contributed by atoms with Crippen LogP contribution in [0, 0.1) is 28.6 Å². The van der Waals surface area contributed by atoms with E-state index < -0.39 is 0 Å². The fourth-order valence-corrected chi connectivity index (χ4v) is 6.69. The first-order valence-electron chi connectivity index (χ1n) is 8.83. The van der Waals surface area contributed by atoms with Crippen molar-refractivity contribution in [1.29, 1.82) is 0 Å². The average Bonchev–Trinajstić information content (AvgIpc) is 2.79. The Balaban J connectivity index is 1.70. The summed E-state index contributed by atoms with van der Waals surface area (Å²) in [6, 6.07) is 0. The van der Waals surface area contributed by atoms with E-state index in [1.165, 1.54) is 64.2 Å². The SMILES string of the molecule is C[C@@]12CCCC1[C@@H]1CC=C3CCCC[C@]3(C)C1CC2. The molecule has 0 radical (unpaired) electrons. The minimum Gasteiger partial charge on any atom is -0.0845 e. The van der Waals surface area contributed by atoms with Crippen molar-refractivity contribution < 1.29 is 0 Å². The third-order valence-electron chi connectivity index (χ3n) is 7.80. The highest BCUT2D eigenvalue weighted by Gasteiger charge is 2.54. The first-order valence-corrected chi connectivity index (χ1v) is 8.83. The number of rotatable bonds is 0. The number of allylic oxidation sites excluding steroid dienone is 2. The molecule has 3 saturated carbocycles. The molecule has 19 heavy (non-hydrogen) atoms. The van der Waals surface area contributed by atoms with Crippen LogP contribution in [0.25, 0.3) is 0 Å². The Morgan fingerprint density at radius 3 is 2.74 bits per heavy atom. The highest BCUT2D eigenvalue weighted by Crippen LogP contribution is 2.64. The van der Waals surface area contributed by atoms with Crippen molar-refractivity contribution >= 4 is 0 Å². The summed E-state index contributed by atoms with van der Waals surface area (Å²) < 4.78 is 0. The summed E-state index contributed by atoms with van der Waals surface area (Å²) in [5.41, 5.74) is 3.18. The molecule has 0 aromatic heterocycles. The highest BCUT2D eigenvalue weighted by atomic mass is 14.6. The maximum absolute atomic E-state index is 2.70. The molecular formula is C19H30. The number of hydrogen-bond donors (Lipinski definition) is 0. The van der Waals surface area contributed by atoms with E-state index in [1.807, 2.05) is 5.57 Å². The van der Waals surface area contributed by atoms with Gasteiger partial charge in [0.25, 0.3) is 0 Å². The largest absolute Gasteiger partial charge is 0.0845 e. The highest BCUT2D eigenvalue weighted by molar-refractivity contribution is 5.23. The van der Waals surface area contributed by atoms with Gasteiger partial charge in [-0.05, 0) is 80.0 Å². The molecule has 0 N–H and O–H groups in total. The van der Waals surface area contributed by atoms with Gasteiger partial charge in [-0.1, -0.05) is 38.3 Å². The van der Waals surface area contributed by atoms with Gasteiger partial charge in [0.2, 0.25) is 0 Å². The molecule has 4 aliphatic rings. The van der Waals surface area contributed by atoms with Crippen molar-refractivity contribution in [2.45, 2.75) is 78.1 Å². The van der Waals surface area contributed by atoms with Crippen LogP contribution in [-0.2, 0) is 0 Å². The topological polar surface area (TPSA) is 0 Å². The second-order valence-electron chi connectivity index (χ2n) is 8.55. The van der Waals surface area contributed by atoms with Gasteiger partial charge in [0.1, 0.15) is 0 Å².